The maximum absolute atomic E-state index is 6.01. The number of rotatable bonds is 7. The monoisotopic (exact) mass is 340 g/mol. The third kappa shape index (κ3) is 4.74. The molecule has 4 nitrogen and oxygen atoms in total. The van der Waals surface area contributed by atoms with E-state index in [4.69, 9.17) is 9.47 Å². The van der Waals surface area contributed by atoms with E-state index in [2.05, 4.69) is 41.4 Å². The van der Waals surface area contributed by atoms with Gasteiger partial charge in [-0.25, -0.2) is 0 Å². The second kappa shape index (κ2) is 8.88. The summed E-state index contributed by atoms with van der Waals surface area (Å²) in [5.41, 5.74) is 2.43. The molecule has 1 aliphatic rings. The predicted octanol–water partition coefficient (Wildman–Crippen LogP) is 3.63. The number of hydrogen-bond donors (Lipinski definition) is 1. The maximum atomic E-state index is 6.01. The highest BCUT2D eigenvalue weighted by Crippen LogP contribution is 2.33. The van der Waals surface area contributed by atoms with Crippen LogP contribution in [0.15, 0.2) is 48.5 Å². The van der Waals surface area contributed by atoms with E-state index in [-0.39, 0.29) is 0 Å². The van der Waals surface area contributed by atoms with Gasteiger partial charge in [0.1, 0.15) is 6.61 Å². The summed E-state index contributed by atoms with van der Waals surface area (Å²) in [6.07, 6.45) is 0. The van der Waals surface area contributed by atoms with Crippen LogP contribution in [0.3, 0.4) is 0 Å². The van der Waals surface area contributed by atoms with E-state index in [1.54, 1.807) is 0 Å². The van der Waals surface area contributed by atoms with Crippen molar-refractivity contribution in [2.24, 2.45) is 0 Å². The van der Waals surface area contributed by atoms with Gasteiger partial charge >= 0.3 is 0 Å². The van der Waals surface area contributed by atoms with Crippen molar-refractivity contribution < 1.29 is 9.47 Å². The number of hydrogen-bond acceptors (Lipinski definition) is 4. The second-order valence-electron chi connectivity index (χ2n) is 6.38. The van der Waals surface area contributed by atoms with E-state index in [0.717, 1.165) is 43.2 Å². The number of nitrogens with zero attached hydrogens (tertiary/aromatic N) is 1. The van der Waals surface area contributed by atoms with Crippen molar-refractivity contribution in [3.05, 3.63) is 59.7 Å². The highest BCUT2D eigenvalue weighted by atomic mass is 16.5. The first kappa shape index (κ1) is 17.8. The van der Waals surface area contributed by atoms with Gasteiger partial charge in [0.05, 0.1) is 6.61 Å². The minimum Gasteiger partial charge on any atom is -0.490 e. The third-order valence-electron chi connectivity index (χ3n) is 4.69. The fraction of sp³-hybridized carbons (Fsp3) is 0.429. The molecule has 0 amide bonds. The molecule has 0 aromatic heterocycles. The Bertz CT molecular complexity index is 654. The quantitative estimate of drug-likeness (QED) is 0.834. The normalized spacial score (nSPS) is 16.4. The first-order valence-corrected chi connectivity index (χ1v) is 9.16. The van der Waals surface area contributed by atoms with E-state index in [1.807, 2.05) is 31.2 Å². The molecular formula is C21H28N2O2. The molecule has 1 fully saturated rings. The number of benzene rings is 2. The van der Waals surface area contributed by atoms with Crippen LogP contribution in [0.25, 0.3) is 0 Å². The summed E-state index contributed by atoms with van der Waals surface area (Å²) in [5, 5.41) is 3.41. The van der Waals surface area contributed by atoms with Crippen molar-refractivity contribution >= 4 is 0 Å². The van der Waals surface area contributed by atoms with Gasteiger partial charge in [0, 0.05) is 32.2 Å². The van der Waals surface area contributed by atoms with Crippen molar-refractivity contribution in [2.75, 3.05) is 32.8 Å². The number of ether oxygens (including phenoxy) is 2. The zero-order valence-electron chi connectivity index (χ0n) is 15.2. The molecule has 0 bridgehead atoms. The van der Waals surface area contributed by atoms with Gasteiger partial charge in [-0.2, -0.15) is 0 Å². The lowest BCUT2D eigenvalue weighted by Gasteiger charge is -2.33. The van der Waals surface area contributed by atoms with Crippen LogP contribution in [0, 0.1) is 0 Å². The summed E-state index contributed by atoms with van der Waals surface area (Å²) in [7, 11) is 0. The summed E-state index contributed by atoms with van der Waals surface area (Å²) < 4.78 is 11.9. The first-order valence-electron chi connectivity index (χ1n) is 9.16. The maximum Gasteiger partial charge on any atom is 0.161 e. The fourth-order valence-corrected chi connectivity index (χ4v) is 3.19. The summed E-state index contributed by atoms with van der Waals surface area (Å²) in [6.45, 7) is 9.73. The van der Waals surface area contributed by atoms with Crippen LogP contribution in [0.1, 0.15) is 31.0 Å². The van der Waals surface area contributed by atoms with Gasteiger partial charge in [-0.1, -0.05) is 36.4 Å². The molecule has 1 saturated heterocycles. The lowest BCUT2D eigenvalue weighted by Crippen LogP contribution is -2.44. The van der Waals surface area contributed by atoms with Gasteiger partial charge in [-0.05, 0) is 37.1 Å². The van der Waals surface area contributed by atoms with E-state index in [1.165, 1.54) is 5.56 Å². The van der Waals surface area contributed by atoms with Gasteiger partial charge < -0.3 is 14.8 Å². The predicted molar refractivity (Wildman–Crippen MR) is 101 cm³/mol. The molecule has 3 rings (SSSR count). The SMILES string of the molecule is CCOc1cc([C@H](C)N2CCNCC2)ccc1OCc1ccccc1. The van der Waals surface area contributed by atoms with Gasteiger partial charge in [0.15, 0.2) is 11.5 Å². The number of piperazine rings is 1. The van der Waals surface area contributed by atoms with Crippen molar-refractivity contribution in [3.63, 3.8) is 0 Å². The van der Waals surface area contributed by atoms with Crippen molar-refractivity contribution in [1.29, 1.82) is 0 Å². The third-order valence-corrected chi connectivity index (χ3v) is 4.69. The van der Waals surface area contributed by atoms with Crippen LogP contribution < -0.4 is 14.8 Å². The van der Waals surface area contributed by atoms with Crippen molar-refractivity contribution in [1.82, 2.24) is 10.2 Å². The minimum absolute atomic E-state index is 0.379. The van der Waals surface area contributed by atoms with Gasteiger partial charge in [0.25, 0.3) is 0 Å². The number of nitrogens with one attached hydrogen (secondary N) is 1. The minimum atomic E-state index is 0.379. The average molecular weight is 340 g/mol. The molecule has 0 unspecified atom stereocenters. The standard InChI is InChI=1S/C21H28N2O2/c1-3-24-21-15-19(17(2)23-13-11-22-12-14-23)9-10-20(21)25-16-18-7-5-4-6-8-18/h4-10,15,17,22H,3,11-14,16H2,1-2H3/t17-/m0/s1. The fourth-order valence-electron chi connectivity index (χ4n) is 3.19. The molecule has 1 N–H and O–H groups in total. The van der Waals surface area contributed by atoms with Crippen LogP contribution in [-0.2, 0) is 6.61 Å². The summed E-state index contributed by atoms with van der Waals surface area (Å²) in [6, 6.07) is 16.9. The smallest absolute Gasteiger partial charge is 0.161 e. The molecule has 2 aromatic rings. The Morgan fingerprint density at radius 3 is 2.48 bits per heavy atom. The zero-order valence-corrected chi connectivity index (χ0v) is 15.2. The molecule has 1 atom stereocenters. The average Bonchev–Trinajstić information content (AvgIpc) is 2.68. The van der Waals surface area contributed by atoms with Crippen molar-refractivity contribution in [2.45, 2.75) is 26.5 Å². The van der Waals surface area contributed by atoms with E-state index >= 15 is 0 Å². The highest BCUT2D eigenvalue weighted by Gasteiger charge is 2.19. The molecule has 0 spiro atoms. The van der Waals surface area contributed by atoms with Crippen LogP contribution in [0.5, 0.6) is 11.5 Å². The molecule has 0 saturated carbocycles. The summed E-state index contributed by atoms with van der Waals surface area (Å²) in [5.74, 6) is 1.64. The molecule has 25 heavy (non-hydrogen) atoms. The molecule has 1 heterocycles. The topological polar surface area (TPSA) is 33.7 Å². The first-order chi connectivity index (χ1) is 12.3. The lowest BCUT2D eigenvalue weighted by molar-refractivity contribution is 0.185. The molecule has 0 aliphatic carbocycles. The van der Waals surface area contributed by atoms with Crippen molar-refractivity contribution in [3.8, 4) is 11.5 Å². The molecule has 134 valence electrons. The van der Waals surface area contributed by atoms with E-state index in [0.29, 0.717) is 19.3 Å². The molecule has 1 aliphatic heterocycles. The second-order valence-corrected chi connectivity index (χ2v) is 6.38. The van der Waals surface area contributed by atoms with Crippen LogP contribution in [-0.4, -0.2) is 37.7 Å². The van der Waals surface area contributed by atoms with Crippen LogP contribution in [0.4, 0.5) is 0 Å². The summed E-state index contributed by atoms with van der Waals surface area (Å²) in [4.78, 5) is 2.51. The zero-order chi connectivity index (χ0) is 17.5. The highest BCUT2D eigenvalue weighted by molar-refractivity contribution is 5.44. The molecular weight excluding hydrogens is 312 g/mol. The molecule has 0 radical (unpaired) electrons. The van der Waals surface area contributed by atoms with Gasteiger partial charge in [0.2, 0.25) is 0 Å². The lowest BCUT2D eigenvalue weighted by atomic mass is 10.1. The Morgan fingerprint density at radius 1 is 1.00 bits per heavy atom. The Hall–Kier alpha value is -2.04. The summed E-state index contributed by atoms with van der Waals surface area (Å²) >= 11 is 0. The van der Waals surface area contributed by atoms with E-state index in [9.17, 15) is 0 Å². The largest absolute Gasteiger partial charge is 0.490 e. The Kier molecular flexibility index (Phi) is 6.31. The molecule has 2 aromatic carbocycles. The Balaban J connectivity index is 1.72. The Morgan fingerprint density at radius 2 is 1.76 bits per heavy atom. The Labute approximate surface area is 150 Å². The van der Waals surface area contributed by atoms with Crippen LogP contribution >= 0.6 is 0 Å². The van der Waals surface area contributed by atoms with Crippen LogP contribution in [0.2, 0.25) is 0 Å². The van der Waals surface area contributed by atoms with E-state index < -0.39 is 0 Å². The van der Waals surface area contributed by atoms with Gasteiger partial charge in [-0.3, -0.25) is 4.90 Å². The van der Waals surface area contributed by atoms with Gasteiger partial charge in [-0.15, -0.1) is 0 Å². The molecule has 4 heteroatoms.